The molecule has 0 radical (unpaired) electrons. The number of nitrogens with zero attached hydrogens (tertiary/aromatic N) is 2. The Morgan fingerprint density at radius 2 is 1.68 bits per heavy atom. The average molecular weight is 363 g/mol. The van der Waals surface area contributed by atoms with E-state index in [1.165, 1.54) is 0 Å². The van der Waals surface area contributed by atoms with Crippen molar-refractivity contribution in [3.8, 4) is 0 Å². The van der Waals surface area contributed by atoms with Gasteiger partial charge in [-0.05, 0) is 50.5 Å². The number of hydrogen-bond acceptors (Lipinski definition) is 2. The molecule has 1 aromatic heterocycles. The lowest BCUT2D eigenvalue weighted by atomic mass is 10.1. The molecule has 0 fully saturated rings. The van der Waals surface area contributed by atoms with Crippen molar-refractivity contribution in [2.75, 3.05) is 6.54 Å². The molecule has 3 nitrogen and oxygen atoms in total. The van der Waals surface area contributed by atoms with Crippen LogP contribution in [-0.4, -0.2) is 33.2 Å². The fraction of sp³-hybridized carbons (Fsp3) is 0.524. The van der Waals surface area contributed by atoms with Crippen LogP contribution in [0, 0.1) is 0 Å². The lowest BCUT2D eigenvalue weighted by molar-refractivity contribution is 0.0590. The van der Waals surface area contributed by atoms with Crippen molar-refractivity contribution in [3.63, 3.8) is 0 Å². The van der Waals surface area contributed by atoms with Crippen molar-refractivity contribution in [1.82, 2.24) is 9.47 Å². The zero-order valence-corrected chi connectivity index (χ0v) is 16.6. The molecule has 3 atom stereocenters. The van der Waals surface area contributed by atoms with E-state index < -0.39 is 6.10 Å². The lowest BCUT2D eigenvalue weighted by Gasteiger charge is -2.35. The first kappa shape index (κ1) is 20.0. The van der Waals surface area contributed by atoms with Crippen LogP contribution >= 0.6 is 11.6 Å². The van der Waals surface area contributed by atoms with Crippen LogP contribution in [-0.2, 0) is 6.54 Å². The molecule has 0 aliphatic heterocycles. The zero-order chi connectivity index (χ0) is 18.4. The predicted octanol–water partition coefficient (Wildman–Crippen LogP) is 5.12. The Labute approximate surface area is 157 Å². The van der Waals surface area contributed by atoms with Gasteiger partial charge in [-0.1, -0.05) is 43.6 Å². The molecule has 2 rings (SSSR count). The van der Waals surface area contributed by atoms with Crippen LogP contribution in [0.4, 0.5) is 0 Å². The van der Waals surface area contributed by atoms with Crippen LogP contribution in [0.1, 0.15) is 57.9 Å². The summed E-state index contributed by atoms with van der Waals surface area (Å²) in [6.07, 6.45) is 3.66. The largest absolute Gasteiger partial charge is 0.386 e. The Kier molecular flexibility index (Phi) is 7.55. The molecule has 0 saturated carbocycles. The minimum absolute atomic E-state index is 0.455. The van der Waals surface area contributed by atoms with E-state index in [4.69, 9.17) is 11.6 Å². The number of rotatable bonds is 9. The summed E-state index contributed by atoms with van der Waals surface area (Å²) in [5.41, 5.74) is 2.01. The van der Waals surface area contributed by atoms with Gasteiger partial charge in [0.25, 0.3) is 0 Å². The van der Waals surface area contributed by atoms with Crippen molar-refractivity contribution in [3.05, 3.63) is 58.9 Å². The second-order valence-electron chi connectivity index (χ2n) is 6.88. The van der Waals surface area contributed by atoms with E-state index >= 15 is 0 Å². The maximum Gasteiger partial charge on any atom is 0.107 e. The molecule has 0 bridgehead atoms. The van der Waals surface area contributed by atoms with Gasteiger partial charge < -0.3 is 9.67 Å². The number of aliphatic hydroxyl groups excluding tert-OH is 1. The maximum absolute atomic E-state index is 10.9. The van der Waals surface area contributed by atoms with E-state index in [9.17, 15) is 5.11 Å². The van der Waals surface area contributed by atoms with Crippen LogP contribution < -0.4 is 0 Å². The minimum Gasteiger partial charge on any atom is -0.386 e. The van der Waals surface area contributed by atoms with E-state index in [2.05, 4.69) is 37.2 Å². The Bertz CT molecular complexity index is 645. The van der Waals surface area contributed by atoms with Gasteiger partial charge in [-0.3, -0.25) is 4.90 Å². The van der Waals surface area contributed by atoms with Crippen molar-refractivity contribution in [2.45, 2.75) is 65.3 Å². The Balaban J connectivity index is 2.16. The minimum atomic E-state index is -0.513. The third-order valence-corrected chi connectivity index (χ3v) is 5.57. The van der Waals surface area contributed by atoms with Crippen LogP contribution in [0.15, 0.2) is 42.6 Å². The fourth-order valence-electron chi connectivity index (χ4n) is 3.24. The smallest absolute Gasteiger partial charge is 0.107 e. The molecule has 0 aliphatic carbocycles. The van der Waals surface area contributed by atoms with Gasteiger partial charge in [0.2, 0.25) is 0 Å². The summed E-state index contributed by atoms with van der Waals surface area (Å²) in [5, 5.41) is 11.7. The first-order chi connectivity index (χ1) is 12.0. The monoisotopic (exact) mass is 362 g/mol. The van der Waals surface area contributed by atoms with Crippen molar-refractivity contribution < 1.29 is 5.11 Å². The standard InChI is InChI=1S/C21H31ClN2O/c1-5-16(3)24(17(4)6-2)15-21(25)20-12-9-13-23(20)14-18-10-7-8-11-19(18)22/h7-13,16-17,21,25H,5-6,14-15H2,1-4H3. The summed E-state index contributed by atoms with van der Waals surface area (Å²) in [6, 6.07) is 12.8. The van der Waals surface area contributed by atoms with E-state index in [-0.39, 0.29) is 0 Å². The van der Waals surface area contributed by atoms with Gasteiger partial charge in [0, 0.05) is 42.1 Å². The van der Waals surface area contributed by atoms with Gasteiger partial charge in [-0.2, -0.15) is 0 Å². The van der Waals surface area contributed by atoms with Gasteiger partial charge in [0.1, 0.15) is 6.10 Å². The molecular weight excluding hydrogens is 332 g/mol. The van der Waals surface area contributed by atoms with Crippen molar-refractivity contribution in [2.24, 2.45) is 0 Å². The highest BCUT2D eigenvalue weighted by Gasteiger charge is 2.23. The number of halogens is 1. The van der Waals surface area contributed by atoms with E-state index in [0.717, 1.165) is 29.1 Å². The van der Waals surface area contributed by atoms with Crippen LogP contribution in [0.25, 0.3) is 0 Å². The number of benzene rings is 1. The third kappa shape index (κ3) is 5.10. The Hall–Kier alpha value is -1.29. The first-order valence-electron chi connectivity index (χ1n) is 9.30. The van der Waals surface area contributed by atoms with E-state index in [1.54, 1.807) is 0 Å². The molecule has 3 unspecified atom stereocenters. The van der Waals surface area contributed by atoms with Gasteiger partial charge in [-0.15, -0.1) is 0 Å². The molecule has 0 saturated heterocycles. The molecule has 1 N–H and O–H groups in total. The summed E-state index contributed by atoms with van der Waals surface area (Å²) in [6.45, 7) is 10.2. The normalized spacial score (nSPS) is 15.3. The summed E-state index contributed by atoms with van der Waals surface area (Å²) >= 11 is 6.29. The summed E-state index contributed by atoms with van der Waals surface area (Å²) < 4.78 is 2.09. The molecule has 0 spiro atoms. The highest BCUT2D eigenvalue weighted by Crippen LogP contribution is 2.23. The topological polar surface area (TPSA) is 28.4 Å². The molecule has 1 heterocycles. The molecule has 0 aliphatic rings. The van der Waals surface area contributed by atoms with Crippen molar-refractivity contribution in [1.29, 1.82) is 0 Å². The lowest BCUT2D eigenvalue weighted by Crippen LogP contribution is -2.42. The highest BCUT2D eigenvalue weighted by molar-refractivity contribution is 6.31. The van der Waals surface area contributed by atoms with Gasteiger partial charge in [-0.25, -0.2) is 0 Å². The quantitative estimate of drug-likeness (QED) is 0.670. The second-order valence-corrected chi connectivity index (χ2v) is 7.29. The third-order valence-electron chi connectivity index (χ3n) is 5.20. The van der Waals surface area contributed by atoms with Gasteiger partial charge >= 0.3 is 0 Å². The molecule has 25 heavy (non-hydrogen) atoms. The zero-order valence-electron chi connectivity index (χ0n) is 15.8. The summed E-state index contributed by atoms with van der Waals surface area (Å²) in [7, 11) is 0. The van der Waals surface area contributed by atoms with Crippen LogP contribution in [0.3, 0.4) is 0 Å². The first-order valence-corrected chi connectivity index (χ1v) is 9.67. The molecule has 2 aromatic rings. The SMILES string of the molecule is CCC(C)N(CC(O)c1cccn1Cc1ccccc1Cl)C(C)CC. The molecule has 1 aromatic carbocycles. The molecule has 0 amide bonds. The number of hydrogen-bond donors (Lipinski definition) is 1. The average Bonchev–Trinajstić information content (AvgIpc) is 3.08. The highest BCUT2D eigenvalue weighted by atomic mass is 35.5. The Morgan fingerprint density at radius 1 is 1.04 bits per heavy atom. The number of aromatic nitrogens is 1. The van der Waals surface area contributed by atoms with Gasteiger partial charge in [0.05, 0.1) is 0 Å². The second kappa shape index (κ2) is 9.42. The number of aliphatic hydroxyl groups is 1. The molecule has 4 heteroatoms. The summed E-state index contributed by atoms with van der Waals surface area (Å²) in [4.78, 5) is 2.41. The fourth-order valence-corrected chi connectivity index (χ4v) is 3.44. The van der Waals surface area contributed by atoms with Gasteiger partial charge in [0.15, 0.2) is 0 Å². The molecular formula is C21H31ClN2O. The molecule has 138 valence electrons. The maximum atomic E-state index is 10.9. The predicted molar refractivity (Wildman–Crippen MR) is 106 cm³/mol. The summed E-state index contributed by atoms with van der Waals surface area (Å²) in [5.74, 6) is 0. The van der Waals surface area contributed by atoms with E-state index in [1.807, 2.05) is 42.6 Å². The van der Waals surface area contributed by atoms with Crippen LogP contribution in [0.2, 0.25) is 5.02 Å². The van der Waals surface area contributed by atoms with Crippen LogP contribution in [0.5, 0.6) is 0 Å². The Morgan fingerprint density at radius 3 is 2.28 bits per heavy atom. The van der Waals surface area contributed by atoms with Crippen molar-refractivity contribution >= 4 is 11.6 Å². The van der Waals surface area contributed by atoms with E-state index in [0.29, 0.717) is 25.2 Å².